The summed E-state index contributed by atoms with van der Waals surface area (Å²) in [5.41, 5.74) is 4.22. The molecule has 1 N–H and O–H groups in total. The van der Waals surface area contributed by atoms with Crippen molar-refractivity contribution in [3.63, 3.8) is 0 Å². The summed E-state index contributed by atoms with van der Waals surface area (Å²) in [5, 5.41) is 15.3. The number of rotatable bonds is 6. The molecule has 1 unspecified atom stereocenters. The second-order valence-corrected chi connectivity index (χ2v) is 10.2. The molecule has 0 saturated carbocycles. The first-order valence-electron chi connectivity index (χ1n) is 12.4. The van der Waals surface area contributed by atoms with E-state index in [2.05, 4.69) is 20.8 Å². The fraction of sp³-hybridized carbons (Fsp3) is 0.250. The molecule has 1 aliphatic rings. The van der Waals surface area contributed by atoms with E-state index in [9.17, 15) is 9.59 Å². The van der Waals surface area contributed by atoms with Crippen molar-refractivity contribution < 1.29 is 9.59 Å². The minimum absolute atomic E-state index is 0.0480. The lowest BCUT2D eigenvalue weighted by molar-refractivity contribution is 0.0972. The molecular weight excluding hydrogens is 523 g/mol. The van der Waals surface area contributed by atoms with Crippen LogP contribution in [0.1, 0.15) is 51.1 Å². The third-order valence-corrected chi connectivity index (χ3v) is 7.35. The minimum atomic E-state index is -0.310. The number of halogens is 2. The molecule has 0 aliphatic carbocycles. The third kappa shape index (κ3) is 5.56. The number of benzene rings is 3. The molecule has 0 radical (unpaired) electrons. The van der Waals surface area contributed by atoms with Gasteiger partial charge in [-0.1, -0.05) is 35.3 Å². The Balaban J connectivity index is 1.43. The number of nitrogens with one attached hydrogen (secondary N) is 1. The SMILES string of the molecule is Cc1cc(NC(=O)c2ccccc2Cl)ccc1C(=O)N1c2ccc(Cl)cc2CCCC1CCn1cnnn1. The Kier molecular flexibility index (Phi) is 7.72. The number of aromatic nitrogens is 4. The lowest BCUT2D eigenvalue weighted by Gasteiger charge is -2.32. The van der Waals surface area contributed by atoms with E-state index in [1.165, 1.54) is 0 Å². The molecule has 1 aliphatic heterocycles. The molecule has 38 heavy (non-hydrogen) atoms. The van der Waals surface area contributed by atoms with Crippen molar-refractivity contribution in [1.82, 2.24) is 20.2 Å². The highest BCUT2D eigenvalue weighted by atomic mass is 35.5. The number of anilines is 2. The van der Waals surface area contributed by atoms with Crippen LogP contribution >= 0.6 is 23.2 Å². The van der Waals surface area contributed by atoms with Gasteiger partial charge in [-0.2, -0.15) is 0 Å². The summed E-state index contributed by atoms with van der Waals surface area (Å²) >= 11 is 12.5. The van der Waals surface area contributed by atoms with Crippen LogP contribution in [0.4, 0.5) is 11.4 Å². The van der Waals surface area contributed by atoms with E-state index < -0.39 is 0 Å². The van der Waals surface area contributed by atoms with Crippen LogP contribution in [-0.4, -0.2) is 38.1 Å². The molecule has 2 heterocycles. The Hall–Kier alpha value is -3.75. The maximum atomic E-state index is 14.1. The molecule has 8 nitrogen and oxygen atoms in total. The quantitative estimate of drug-likeness (QED) is 0.319. The van der Waals surface area contributed by atoms with Crippen LogP contribution in [0.25, 0.3) is 0 Å². The molecule has 4 aromatic rings. The van der Waals surface area contributed by atoms with Crippen molar-refractivity contribution in [3.8, 4) is 0 Å². The Bertz CT molecular complexity index is 1470. The van der Waals surface area contributed by atoms with Crippen LogP contribution in [0.2, 0.25) is 10.0 Å². The summed E-state index contributed by atoms with van der Waals surface area (Å²) in [6.07, 6.45) is 4.89. The van der Waals surface area contributed by atoms with Gasteiger partial charge in [-0.05, 0) is 103 Å². The fourth-order valence-electron chi connectivity index (χ4n) is 4.91. The summed E-state index contributed by atoms with van der Waals surface area (Å²) in [4.78, 5) is 28.8. The van der Waals surface area contributed by atoms with Crippen molar-refractivity contribution in [2.45, 2.75) is 45.2 Å². The number of nitrogens with zero attached hydrogens (tertiary/aromatic N) is 5. The zero-order chi connectivity index (χ0) is 26.6. The molecule has 0 bridgehead atoms. The van der Waals surface area contributed by atoms with E-state index in [-0.39, 0.29) is 17.9 Å². The van der Waals surface area contributed by atoms with Crippen LogP contribution in [-0.2, 0) is 13.0 Å². The Morgan fingerprint density at radius 3 is 2.66 bits per heavy atom. The highest BCUT2D eigenvalue weighted by Crippen LogP contribution is 2.35. The van der Waals surface area contributed by atoms with Crippen LogP contribution in [0.15, 0.2) is 67.0 Å². The molecule has 1 aromatic heterocycles. The minimum Gasteiger partial charge on any atom is -0.322 e. The summed E-state index contributed by atoms with van der Waals surface area (Å²) in [6, 6.07) is 17.8. The predicted molar refractivity (Wildman–Crippen MR) is 148 cm³/mol. The maximum absolute atomic E-state index is 14.1. The van der Waals surface area contributed by atoms with E-state index in [4.69, 9.17) is 23.2 Å². The number of tetrazole rings is 1. The number of amides is 2. The maximum Gasteiger partial charge on any atom is 0.258 e. The zero-order valence-corrected chi connectivity index (χ0v) is 22.3. The topological polar surface area (TPSA) is 93.0 Å². The van der Waals surface area contributed by atoms with E-state index >= 15 is 0 Å². The lowest BCUT2D eigenvalue weighted by atomic mass is 10.0. The molecule has 2 amide bonds. The van der Waals surface area contributed by atoms with Gasteiger partial charge in [0.15, 0.2) is 0 Å². The van der Waals surface area contributed by atoms with Gasteiger partial charge in [-0.15, -0.1) is 5.10 Å². The van der Waals surface area contributed by atoms with Crippen molar-refractivity contribution >= 4 is 46.4 Å². The normalized spacial score (nSPS) is 15.0. The number of carbonyl (C=O) groups excluding carboxylic acids is 2. The third-order valence-electron chi connectivity index (χ3n) is 6.78. The molecule has 0 spiro atoms. The second kappa shape index (κ2) is 11.3. The summed E-state index contributed by atoms with van der Waals surface area (Å²) in [6.45, 7) is 2.46. The van der Waals surface area contributed by atoms with Gasteiger partial charge in [-0.25, -0.2) is 4.68 Å². The largest absolute Gasteiger partial charge is 0.322 e. The number of fused-ring (bicyclic) bond motifs is 1. The lowest BCUT2D eigenvalue weighted by Crippen LogP contribution is -2.41. The molecule has 0 saturated heterocycles. The van der Waals surface area contributed by atoms with Crippen molar-refractivity contribution in [3.05, 3.63) is 99.3 Å². The zero-order valence-electron chi connectivity index (χ0n) is 20.8. The number of hydrogen-bond acceptors (Lipinski definition) is 5. The van der Waals surface area contributed by atoms with Gasteiger partial charge in [-0.3, -0.25) is 9.59 Å². The Morgan fingerprint density at radius 1 is 1.05 bits per heavy atom. The van der Waals surface area contributed by atoms with Gasteiger partial charge in [0.1, 0.15) is 6.33 Å². The molecular formula is C28H26Cl2N6O2. The first-order valence-corrected chi connectivity index (χ1v) is 13.2. The number of carbonyl (C=O) groups is 2. The fourth-order valence-corrected chi connectivity index (χ4v) is 5.33. The van der Waals surface area contributed by atoms with E-state index in [1.54, 1.807) is 53.5 Å². The molecule has 3 aromatic carbocycles. The van der Waals surface area contributed by atoms with Crippen molar-refractivity contribution in [2.75, 3.05) is 10.2 Å². The van der Waals surface area contributed by atoms with Gasteiger partial charge in [0, 0.05) is 34.5 Å². The first kappa shape index (κ1) is 25.9. The van der Waals surface area contributed by atoms with Gasteiger partial charge in [0.05, 0.1) is 10.6 Å². The van der Waals surface area contributed by atoms with Gasteiger partial charge < -0.3 is 10.2 Å². The standard InChI is InChI=1S/C28H26Cl2N6O2/c1-18-15-21(32-27(37)24-7-2-3-8-25(24)30)10-11-23(18)28(38)36-22(13-14-35-17-31-33-34-35)6-4-5-19-16-20(29)9-12-26(19)36/h2-3,7-12,15-17,22H,4-6,13-14H2,1H3,(H,32,37). The smallest absolute Gasteiger partial charge is 0.258 e. The van der Waals surface area contributed by atoms with Crippen LogP contribution in [0.3, 0.4) is 0 Å². The van der Waals surface area contributed by atoms with Gasteiger partial charge >= 0.3 is 0 Å². The second-order valence-electron chi connectivity index (χ2n) is 9.32. The van der Waals surface area contributed by atoms with Crippen LogP contribution in [0, 0.1) is 6.92 Å². The molecule has 0 fully saturated rings. The predicted octanol–water partition coefficient (Wildman–Crippen LogP) is 5.98. The highest BCUT2D eigenvalue weighted by molar-refractivity contribution is 6.34. The van der Waals surface area contributed by atoms with Crippen molar-refractivity contribution in [1.29, 1.82) is 0 Å². The average molecular weight is 549 g/mol. The van der Waals surface area contributed by atoms with E-state index in [1.807, 2.05) is 30.0 Å². The average Bonchev–Trinajstić information content (AvgIpc) is 3.35. The molecule has 1 atom stereocenters. The van der Waals surface area contributed by atoms with E-state index in [0.717, 1.165) is 36.1 Å². The van der Waals surface area contributed by atoms with Crippen molar-refractivity contribution in [2.24, 2.45) is 0 Å². The Labute approximate surface area is 230 Å². The first-order chi connectivity index (χ1) is 18.4. The monoisotopic (exact) mass is 548 g/mol. The Morgan fingerprint density at radius 2 is 1.89 bits per heavy atom. The summed E-state index contributed by atoms with van der Waals surface area (Å²) < 4.78 is 1.68. The van der Waals surface area contributed by atoms with Gasteiger partial charge in [0.25, 0.3) is 11.8 Å². The number of hydrogen-bond donors (Lipinski definition) is 1. The summed E-state index contributed by atoms with van der Waals surface area (Å²) in [5.74, 6) is -0.409. The van der Waals surface area contributed by atoms with Crippen LogP contribution in [0.5, 0.6) is 0 Å². The van der Waals surface area contributed by atoms with E-state index in [0.29, 0.717) is 39.8 Å². The molecule has 5 rings (SSSR count). The van der Waals surface area contributed by atoms with Crippen LogP contribution < -0.4 is 10.2 Å². The molecule has 10 heteroatoms. The highest BCUT2D eigenvalue weighted by Gasteiger charge is 2.31. The summed E-state index contributed by atoms with van der Waals surface area (Å²) in [7, 11) is 0. The van der Waals surface area contributed by atoms with Gasteiger partial charge in [0.2, 0.25) is 0 Å². The number of aryl methyl sites for hydroxylation is 3. The molecule has 194 valence electrons.